The normalized spacial score (nSPS) is 11.3. The molecule has 0 aliphatic carbocycles. The highest BCUT2D eigenvalue weighted by atomic mass is 35.5. The SMILES string of the molecule is CCON(F)Nc1nc(-c2c[nH]c3ncc(Cl)cc23)ncc1F. The number of halogens is 3. The van der Waals surface area contributed by atoms with Crippen LogP contribution in [0.2, 0.25) is 5.02 Å². The molecule has 3 aromatic rings. The van der Waals surface area contributed by atoms with Crippen LogP contribution in [0.15, 0.2) is 24.7 Å². The number of fused-ring (bicyclic) bond motifs is 1. The largest absolute Gasteiger partial charge is 0.345 e. The van der Waals surface area contributed by atoms with Crippen molar-refractivity contribution >= 4 is 28.5 Å². The van der Waals surface area contributed by atoms with Crippen LogP contribution >= 0.6 is 11.6 Å². The van der Waals surface area contributed by atoms with Gasteiger partial charge < -0.3 is 4.98 Å². The fourth-order valence-electron chi connectivity index (χ4n) is 1.97. The first-order valence-corrected chi connectivity index (χ1v) is 6.97. The standard InChI is InChI=1S/C13H11ClF2N6O/c1-2-23-22(16)21-13-10(15)6-19-12(20-13)9-5-18-11-8(9)3-7(14)4-17-11/h3-6H,2H2,1H3,(H,17,18)(H,19,20,21). The summed E-state index contributed by atoms with van der Waals surface area (Å²) in [6.07, 6.45) is 4.04. The van der Waals surface area contributed by atoms with Crippen LogP contribution in [0.3, 0.4) is 0 Å². The maximum atomic E-state index is 13.7. The monoisotopic (exact) mass is 340 g/mol. The molecule has 0 unspecified atom stereocenters. The Balaban J connectivity index is 2.00. The second-order valence-corrected chi connectivity index (χ2v) is 4.85. The lowest BCUT2D eigenvalue weighted by atomic mass is 10.2. The van der Waals surface area contributed by atoms with E-state index in [4.69, 9.17) is 11.6 Å². The number of hydrogen-bond acceptors (Lipinski definition) is 6. The minimum Gasteiger partial charge on any atom is -0.345 e. The van der Waals surface area contributed by atoms with Crippen LogP contribution in [-0.2, 0) is 4.84 Å². The molecule has 10 heteroatoms. The summed E-state index contributed by atoms with van der Waals surface area (Å²) in [5, 5.41) is 0.880. The van der Waals surface area contributed by atoms with Gasteiger partial charge in [-0.15, -0.1) is 0 Å². The molecule has 0 atom stereocenters. The number of anilines is 1. The van der Waals surface area contributed by atoms with E-state index in [0.29, 0.717) is 21.6 Å². The molecule has 23 heavy (non-hydrogen) atoms. The highest BCUT2D eigenvalue weighted by Gasteiger charge is 2.15. The number of aromatic amines is 1. The Kier molecular flexibility index (Phi) is 4.33. The minimum absolute atomic E-state index is 0.0652. The van der Waals surface area contributed by atoms with Crippen LogP contribution in [0.1, 0.15) is 6.92 Å². The molecule has 3 aromatic heterocycles. The molecular formula is C13H11ClF2N6O. The zero-order valence-electron chi connectivity index (χ0n) is 11.8. The second kappa shape index (κ2) is 6.41. The van der Waals surface area contributed by atoms with E-state index in [1.54, 1.807) is 19.2 Å². The van der Waals surface area contributed by atoms with Gasteiger partial charge >= 0.3 is 0 Å². The van der Waals surface area contributed by atoms with Crippen LogP contribution in [0.4, 0.5) is 14.7 Å². The smallest absolute Gasteiger partial charge is 0.185 e. The fraction of sp³-hybridized carbons (Fsp3) is 0.154. The third-order valence-electron chi connectivity index (χ3n) is 2.92. The van der Waals surface area contributed by atoms with Gasteiger partial charge in [-0.25, -0.2) is 24.8 Å². The van der Waals surface area contributed by atoms with E-state index < -0.39 is 5.82 Å². The maximum absolute atomic E-state index is 13.7. The predicted octanol–water partition coefficient (Wildman–Crippen LogP) is 3.28. The first kappa shape index (κ1) is 15.5. The second-order valence-electron chi connectivity index (χ2n) is 4.42. The van der Waals surface area contributed by atoms with Crippen molar-refractivity contribution < 1.29 is 13.7 Å². The third kappa shape index (κ3) is 3.21. The summed E-state index contributed by atoms with van der Waals surface area (Å²) in [6, 6.07) is 1.68. The molecule has 7 nitrogen and oxygen atoms in total. The van der Waals surface area contributed by atoms with Gasteiger partial charge in [0.1, 0.15) is 5.65 Å². The van der Waals surface area contributed by atoms with Crippen molar-refractivity contribution in [2.45, 2.75) is 6.92 Å². The van der Waals surface area contributed by atoms with Crippen molar-refractivity contribution in [3.05, 3.63) is 35.5 Å². The number of hydrogen-bond donors (Lipinski definition) is 2. The van der Waals surface area contributed by atoms with Crippen LogP contribution < -0.4 is 5.43 Å². The van der Waals surface area contributed by atoms with E-state index in [1.807, 2.05) is 5.43 Å². The molecule has 0 spiro atoms. The predicted molar refractivity (Wildman–Crippen MR) is 80.3 cm³/mol. The van der Waals surface area contributed by atoms with Gasteiger partial charge in [0.2, 0.25) is 0 Å². The highest BCUT2D eigenvalue weighted by Crippen LogP contribution is 2.28. The fourth-order valence-corrected chi connectivity index (χ4v) is 2.12. The molecule has 0 aromatic carbocycles. The average Bonchev–Trinajstić information content (AvgIpc) is 2.93. The van der Waals surface area contributed by atoms with E-state index in [2.05, 4.69) is 24.8 Å². The molecule has 2 N–H and O–H groups in total. The van der Waals surface area contributed by atoms with Crippen molar-refractivity contribution in [3.63, 3.8) is 0 Å². The lowest BCUT2D eigenvalue weighted by molar-refractivity contribution is -0.259. The van der Waals surface area contributed by atoms with E-state index >= 15 is 0 Å². The summed E-state index contributed by atoms with van der Waals surface area (Å²) < 4.78 is 27.0. The summed E-state index contributed by atoms with van der Waals surface area (Å²) in [7, 11) is 0. The van der Waals surface area contributed by atoms with Crippen molar-refractivity contribution in [1.29, 1.82) is 0 Å². The number of nitrogens with zero attached hydrogens (tertiary/aromatic N) is 4. The highest BCUT2D eigenvalue weighted by molar-refractivity contribution is 6.31. The van der Waals surface area contributed by atoms with Crippen molar-refractivity contribution in [2.24, 2.45) is 0 Å². The zero-order chi connectivity index (χ0) is 16.4. The quantitative estimate of drug-likeness (QED) is 0.548. The van der Waals surface area contributed by atoms with Gasteiger partial charge in [-0.05, 0) is 13.0 Å². The van der Waals surface area contributed by atoms with Crippen LogP contribution in [0.25, 0.3) is 22.4 Å². The molecule has 120 valence electrons. The van der Waals surface area contributed by atoms with Crippen LogP contribution in [0, 0.1) is 5.82 Å². The van der Waals surface area contributed by atoms with Gasteiger partial charge in [0.25, 0.3) is 0 Å². The molecular weight excluding hydrogens is 330 g/mol. The van der Waals surface area contributed by atoms with Crippen molar-refractivity contribution in [3.8, 4) is 11.4 Å². The Morgan fingerprint density at radius 1 is 1.39 bits per heavy atom. The Hall–Kier alpha value is -2.36. The lowest BCUT2D eigenvalue weighted by Crippen LogP contribution is -2.23. The molecule has 0 saturated heterocycles. The molecule has 0 aliphatic rings. The van der Waals surface area contributed by atoms with E-state index in [-0.39, 0.29) is 23.6 Å². The topological polar surface area (TPSA) is 79.0 Å². The van der Waals surface area contributed by atoms with Gasteiger partial charge in [0, 0.05) is 23.3 Å². The minimum atomic E-state index is -0.827. The molecule has 0 bridgehead atoms. The maximum Gasteiger partial charge on any atom is 0.185 e. The Bertz CT molecular complexity index is 842. The van der Waals surface area contributed by atoms with E-state index in [1.165, 1.54) is 6.20 Å². The summed E-state index contributed by atoms with van der Waals surface area (Å²) in [4.78, 5) is 19.4. The Morgan fingerprint density at radius 3 is 3.00 bits per heavy atom. The van der Waals surface area contributed by atoms with Gasteiger partial charge in [0.15, 0.2) is 17.5 Å². The molecule has 0 saturated carbocycles. The number of H-pyrrole nitrogens is 1. The number of aromatic nitrogens is 4. The van der Waals surface area contributed by atoms with Crippen molar-refractivity contribution in [2.75, 3.05) is 12.0 Å². The lowest BCUT2D eigenvalue weighted by Gasteiger charge is -2.12. The van der Waals surface area contributed by atoms with E-state index in [9.17, 15) is 8.87 Å². The average molecular weight is 341 g/mol. The van der Waals surface area contributed by atoms with Crippen LogP contribution in [-0.4, -0.2) is 31.9 Å². The number of rotatable bonds is 5. The van der Waals surface area contributed by atoms with Crippen molar-refractivity contribution in [1.82, 2.24) is 25.3 Å². The molecule has 3 heterocycles. The molecule has 3 rings (SSSR count). The molecule has 0 fully saturated rings. The number of pyridine rings is 1. The zero-order valence-corrected chi connectivity index (χ0v) is 12.6. The summed E-state index contributed by atoms with van der Waals surface area (Å²) >= 11 is 5.93. The summed E-state index contributed by atoms with van der Waals surface area (Å²) in [5.41, 5.74) is 3.17. The molecule has 0 amide bonds. The Morgan fingerprint density at radius 2 is 2.22 bits per heavy atom. The van der Waals surface area contributed by atoms with Gasteiger partial charge in [-0.3, -0.25) is 4.84 Å². The van der Waals surface area contributed by atoms with Gasteiger partial charge in [-0.2, -0.15) is 0 Å². The number of nitrogens with one attached hydrogen (secondary N) is 2. The summed E-state index contributed by atoms with van der Waals surface area (Å²) in [6.45, 7) is 1.65. The third-order valence-corrected chi connectivity index (χ3v) is 3.13. The Labute approximate surface area is 134 Å². The molecule has 0 aliphatic heterocycles. The van der Waals surface area contributed by atoms with Gasteiger partial charge in [0.05, 0.1) is 23.2 Å². The summed E-state index contributed by atoms with van der Waals surface area (Å²) in [5.74, 6) is -1.02. The van der Waals surface area contributed by atoms with E-state index in [0.717, 1.165) is 6.20 Å². The van der Waals surface area contributed by atoms with Crippen LogP contribution in [0.5, 0.6) is 0 Å². The van der Waals surface area contributed by atoms with Gasteiger partial charge in [-0.1, -0.05) is 16.1 Å². The first-order chi connectivity index (χ1) is 11.1. The number of hydrazine groups is 1. The molecule has 0 radical (unpaired) electrons. The first-order valence-electron chi connectivity index (χ1n) is 6.59.